The first-order valence-electron chi connectivity index (χ1n) is 8.01. The molecule has 2 heterocycles. The van der Waals surface area contributed by atoms with Gasteiger partial charge in [-0.15, -0.1) is 0 Å². The van der Waals surface area contributed by atoms with Crippen LogP contribution in [0.4, 0.5) is 4.79 Å². The lowest BCUT2D eigenvalue weighted by atomic mass is 9.95. The predicted molar refractivity (Wildman–Crippen MR) is 85.8 cm³/mol. The number of H-pyrrole nitrogens is 1. The highest BCUT2D eigenvalue weighted by atomic mass is 16.6. The van der Waals surface area contributed by atoms with Gasteiger partial charge < -0.3 is 24.8 Å². The number of hydrogen-bond donors (Lipinski definition) is 3. The molecule has 1 aromatic rings. The van der Waals surface area contributed by atoms with E-state index in [1.54, 1.807) is 11.2 Å². The van der Waals surface area contributed by atoms with Gasteiger partial charge in [0, 0.05) is 13.0 Å². The van der Waals surface area contributed by atoms with Gasteiger partial charge >= 0.3 is 18.0 Å². The second-order valence-corrected chi connectivity index (χ2v) is 5.84. The van der Waals surface area contributed by atoms with E-state index in [1.807, 2.05) is 0 Å². The third-order valence-electron chi connectivity index (χ3n) is 4.04. The minimum absolute atomic E-state index is 0.199. The largest absolute Gasteiger partial charge is 0.473 e. The van der Waals surface area contributed by atoms with Crippen LogP contribution in [0.1, 0.15) is 30.7 Å². The molecule has 1 unspecified atom stereocenters. The number of nitrogens with one attached hydrogen (secondary N) is 1. The number of hydrogen-bond acceptors (Lipinski definition) is 5. The number of carbonyl (C=O) groups is 3. The van der Waals surface area contributed by atoms with E-state index >= 15 is 0 Å². The molecule has 2 aliphatic rings. The molecule has 1 aliphatic heterocycles. The molecule has 9 heteroatoms. The first-order chi connectivity index (χ1) is 12.0. The molecule has 0 spiro atoms. The predicted octanol–water partition coefficient (Wildman–Crippen LogP) is 1.42. The number of aliphatic carboxylic acids is 2. The number of allylic oxidation sites excluding steroid dienone is 2. The lowest BCUT2D eigenvalue weighted by Gasteiger charge is -2.26. The lowest BCUT2D eigenvalue weighted by molar-refractivity contribution is -0.159. The molecule has 136 valence electrons. The van der Waals surface area contributed by atoms with E-state index in [0.717, 1.165) is 37.1 Å². The normalized spacial score (nSPS) is 18.6. The van der Waals surface area contributed by atoms with Crippen LogP contribution in [0.15, 0.2) is 18.5 Å². The number of carboxylic acids is 2. The van der Waals surface area contributed by atoms with Crippen LogP contribution >= 0.6 is 0 Å². The van der Waals surface area contributed by atoms with Crippen molar-refractivity contribution in [2.45, 2.75) is 32.2 Å². The molecule has 1 amide bonds. The summed E-state index contributed by atoms with van der Waals surface area (Å²) in [5.74, 6) is -3.16. The molecule has 0 aromatic carbocycles. The molecule has 9 nitrogen and oxygen atoms in total. The van der Waals surface area contributed by atoms with Crippen LogP contribution in [0.25, 0.3) is 0 Å². The smallest absolute Gasteiger partial charge is 0.414 e. The Morgan fingerprint density at radius 2 is 2.04 bits per heavy atom. The molecule has 3 N–H and O–H groups in total. The molecule has 0 saturated heterocycles. The zero-order valence-electron chi connectivity index (χ0n) is 13.7. The highest BCUT2D eigenvalue weighted by molar-refractivity contribution is 6.27. The van der Waals surface area contributed by atoms with Crippen molar-refractivity contribution in [1.82, 2.24) is 14.9 Å². The Morgan fingerprint density at radius 1 is 1.28 bits per heavy atom. The summed E-state index contributed by atoms with van der Waals surface area (Å²) < 4.78 is 5.43. The Balaban J connectivity index is 0.000000326. The Kier molecular flexibility index (Phi) is 6.55. The van der Waals surface area contributed by atoms with Crippen LogP contribution in [0.2, 0.25) is 0 Å². The first kappa shape index (κ1) is 18.5. The topological polar surface area (TPSA) is 133 Å². The molecule has 1 aromatic heterocycles. The highest BCUT2D eigenvalue weighted by Gasteiger charge is 2.24. The number of amides is 1. The van der Waals surface area contributed by atoms with Crippen LogP contribution in [0.3, 0.4) is 0 Å². The minimum Gasteiger partial charge on any atom is -0.473 e. The van der Waals surface area contributed by atoms with Crippen molar-refractivity contribution in [2.75, 3.05) is 13.2 Å². The average molecular weight is 351 g/mol. The molecule has 1 aliphatic carbocycles. The maximum absolute atomic E-state index is 12.0. The maximum Gasteiger partial charge on any atom is 0.414 e. The molecular weight excluding hydrogens is 330 g/mol. The molecule has 0 saturated carbocycles. The van der Waals surface area contributed by atoms with E-state index < -0.39 is 11.9 Å². The van der Waals surface area contributed by atoms with Crippen LogP contribution < -0.4 is 0 Å². The Hall–Kier alpha value is -2.84. The van der Waals surface area contributed by atoms with Gasteiger partial charge in [-0.3, -0.25) is 0 Å². The molecule has 0 bridgehead atoms. The zero-order valence-corrected chi connectivity index (χ0v) is 13.7. The summed E-state index contributed by atoms with van der Waals surface area (Å²) in [4.78, 5) is 39.3. The van der Waals surface area contributed by atoms with E-state index in [0.29, 0.717) is 25.6 Å². The average Bonchev–Trinajstić information content (AvgIpc) is 3.08. The van der Waals surface area contributed by atoms with Gasteiger partial charge in [-0.1, -0.05) is 12.2 Å². The highest BCUT2D eigenvalue weighted by Crippen LogP contribution is 2.20. The van der Waals surface area contributed by atoms with Gasteiger partial charge in [0.25, 0.3) is 0 Å². The van der Waals surface area contributed by atoms with Crippen LogP contribution in [-0.4, -0.2) is 56.3 Å². The minimum atomic E-state index is -1.82. The number of rotatable bonds is 2. The van der Waals surface area contributed by atoms with Crippen molar-refractivity contribution in [3.8, 4) is 0 Å². The number of carboxylic acid groups (broad SMARTS) is 2. The lowest BCUT2D eigenvalue weighted by Crippen LogP contribution is -2.37. The first-order valence-corrected chi connectivity index (χ1v) is 8.01. The summed E-state index contributed by atoms with van der Waals surface area (Å²) in [6, 6.07) is 0. The van der Waals surface area contributed by atoms with E-state index in [2.05, 4.69) is 22.1 Å². The quantitative estimate of drug-likeness (QED) is 0.542. The van der Waals surface area contributed by atoms with Gasteiger partial charge in [0.1, 0.15) is 0 Å². The Labute approximate surface area is 144 Å². The van der Waals surface area contributed by atoms with Gasteiger partial charge in [-0.05, 0) is 25.2 Å². The third-order valence-corrected chi connectivity index (χ3v) is 4.04. The van der Waals surface area contributed by atoms with Crippen molar-refractivity contribution >= 4 is 18.0 Å². The number of fused-ring (bicyclic) bond motifs is 1. The second-order valence-electron chi connectivity index (χ2n) is 5.84. The molecular formula is C16H21N3O6. The number of aromatic amines is 1. The number of ether oxygens (including phenoxy) is 1. The van der Waals surface area contributed by atoms with E-state index in [4.69, 9.17) is 24.5 Å². The van der Waals surface area contributed by atoms with E-state index in [9.17, 15) is 4.79 Å². The fourth-order valence-electron chi connectivity index (χ4n) is 2.66. The Morgan fingerprint density at radius 3 is 2.68 bits per heavy atom. The fourth-order valence-corrected chi connectivity index (χ4v) is 2.66. The summed E-state index contributed by atoms with van der Waals surface area (Å²) >= 11 is 0. The van der Waals surface area contributed by atoms with Crippen molar-refractivity contribution < 1.29 is 29.3 Å². The van der Waals surface area contributed by atoms with Crippen LogP contribution in [-0.2, 0) is 27.3 Å². The maximum atomic E-state index is 12.0. The van der Waals surface area contributed by atoms with Crippen LogP contribution in [0.5, 0.6) is 0 Å². The fraction of sp³-hybridized carbons (Fsp3) is 0.500. The third kappa shape index (κ3) is 5.63. The summed E-state index contributed by atoms with van der Waals surface area (Å²) in [5.41, 5.74) is 2.10. The van der Waals surface area contributed by atoms with Gasteiger partial charge in [0.2, 0.25) is 0 Å². The SMILES string of the molecule is O=C(O)C(=O)O.O=C(OCC1CC=CCC1)N1CCc2nc[nH]c2C1. The summed E-state index contributed by atoms with van der Waals surface area (Å²) in [5, 5.41) is 14.8. The Bertz CT molecular complexity index is 642. The van der Waals surface area contributed by atoms with Crippen molar-refractivity contribution in [2.24, 2.45) is 5.92 Å². The zero-order chi connectivity index (χ0) is 18.2. The van der Waals surface area contributed by atoms with Crippen molar-refractivity contribution in [3.63, 3.8) is 0 Å². The monoisotopic (exact) mass is 351 g/mol. The standard InChI is InChI=1S/C14H19N3O2.C2H2O4/c18-14(19-9-11-4-2-1-3-5-11)17-7-6-12-13(8-17)16-10-15-12;3-1(4)2(5)6/h1-2,10-11H,3-9H2,(H,15,16);(H,3,4)(H,5,6). The molecule has 1 atom stereocenters. The molecule has 25 heavy (non-hydrogen) atoms. The van der Waals surface area contributed by atoms with Crippen molar-refractivity contribution in [3.05, 3.63) is 29.9 Å². The summed E-state index contributed by atoms with van der Waals surface area (Å²) in [7, 11) is 0. The summed E-state index contributed by atoms with van der Waals surface area (Å²) in [6.45, 7) is 1.81. The van der Waals surface area contributed by atoms with Gasteiger partial charge in [0.05, 0.1) is 30.9 Å². The number of aromatic nitrogens is 2. The van der Waals surface area contributed by atoms with Crippen LogP contribution in [0, 0.1) is 5.92 Å². The number of imidazole rings is 1. The number of carbonyl (C=O) groups excluding carboxylic acids is 1. The van der Waals surface area contributed by atoms with E-state index in [-0.39, 0.29) is 6.09 Å². The molecule has 0 radical (unpaired) electrons. The van der Waals surface area contributed by atoms with E-state index in [1.165, 1.54) is 0 Å². The molecule has 3 rings (SSSR count). The molecule has 0 fully saturated rings. The second kappa shape index (κ2) is 8.86. The summed E-state index contributed by atoms with van der Waals surface area (Å²) in [6.07, 6.45) is 9.92. The van der Waals surface area contributed by atoms with Gasteiger partial charge in [-0.25, -0.2) is 19.4 Å². The van der Waals surface area contributed by atoms with Gasteiger partial charge in [0.15, 0.2) is 0 Å². The van der Waals surface area contributed by atoms with Crippen molar-refractivity contribution in [1.29, 1.82) is 0 Å². The van der Waals surface area contributed by atoms with Gasteiger partial charge in [-0.2, -0.15) is 0 Å². The number of nitrogens with zero attached hydrogens (tertiary/aromatic N) is 2.